The van der Waals surface area contributed by atoms with Crippen molar-refractivity contribution >= 4 is 11.8 Å². The van der Waals surface area contributed by atoms with Gasteiger partial charge in [0.1, 0.15) is 0 Å². The highest BCUT2D eigenvalue weighted by molar-refractivity contribution is 5.82. The van der Waals surface area contributed by atoms with E-state index in [9.17, 15) is 9.59 Å². The van der Waals surface area contributed by atoms with Crippen LogP contribution in [0.15, 0.2) is 0 Å². The number of carbonyl (C=O) groups excluding carboxylic acids is 2. The van der Waals surface area contributed by atoms with Crippen LogP contribution in [0.5, 0.6) is 0 Å². The van der Waals surface area contributed by atoms with Crippen LogP contribution < -0.4 is 16.8 Å². The van der Waals surface area contributed by atoms with Gasteiger partial charge in [-0.05, 0) is 25.2 Å². The average molecular weight is 241 g/mol. The van der Waals surface area contributed by atoms with Crippen LogP contribution in [0.3, 0.4) is 0 Å². The van der Waals surface area contributed by atoms with E-state index in [2.05, 4.69) is 5.32 Å². The number of amides is 2. The summed E-state index contributed by atoms with van der Waals surface area (Å²) in [4.78, 5) is 22.9. The molecule has 5 heteroatoms. The second-order valence-electron chi connectivity index (χ2n) is 5.24. The van der Waals surface area contributed by atoms with E-state index in [1.807, 2.05) is 13.8 Å². The van der Waals surface area contributed by atoms with Gasteiger partial charge >= 0.3 is 0 Å². The first-order chi connectivity index (χ1) is 7.91. The molecular weight excluding hydrogens is 218 g/mol. The summed E-state index contributed by atoms with van der Waals surface area (Å²) in [6.45, 7) is 3.83. The molecule has 0 radical (unpaired) electrons. The van der Waals surface area contributed by atoms with Crippen LogP contribution in [0.2, 0.25) is 0 Å². The third-order valence-corrected chi connectivity index (χ3v) is 3.44. The number of nitrogens with one attached hydrogen (secondary N) is 1. The number of rotatable bonds is 4. The Labute approximate surface area is 102 Å². The first kappa shape index (κ1) is 14.0. The van der Waals surface area contributed by atoms with Gasteiger partial charge in [0.2, 0.25) is 11.8 Å². The SMILES string of the molecule is CC(C)[C@H](N)C(=O)NC1CCCC(C(N)=O)C1. The summed E-state index contributed by atoms with van der Waals surface area (Å²) >= 11 is 0. The van der Waals surface area contributed by atoms with Crippen LogP contribution >= 0.6 is 0 Å². The molecule has 1 saturated carbocycles. The molecule has 1 rings (SSSR count). The molecule has 0 aliphatic heterocycles. The summed E-state index contributed by atoms with van der Waals surface area (Å²) in [6, 6.07) is -0.442. The smallest absolute Gasteiger partial charge is 0.237 e. The molecule has 2 amide bonds. The molecule has 5 N–H and O–H groups in total. The van der Waals surface area contributed by atoms with Crippen molar-refractivity contribution in [2.45, 2.75) is 51.6 Å². The zero-order chi connectivity index (χ0) is 13.0. The second-order valence-corrected chi connectivity index (χ2v) is 5.24. The fourth-order valence-electron chi connectivity index (χ4n) is 2.18. The van der Waals surface area contributed by atoms with Crippen molar-refractivity contribution in [3.63, 3.8) is 0 Å². The topological polar surface area (TPSA) is 98.2 Å². The van der Waals surface area contributed by atoms with Crippen molar-refractivity contribution < 1.29 is 9.59 Å². The number of hydrogen-bond acceptors (Lipinski definition) is 3. The third kappa shape index (κ3) is 4.00. The third-order valence-electron chi connectivity index (χ3n) is 3.44. The summed E-state index contributed by atoms with van der Waals surface area (Å²) in [5, 5.41) is 2.91. The molecule has 0 aromatic rings. The van der Waals surface area contributed by atoms with E-state index in [0.717, 1.165) is 19.3 Å². The number of nitrogens with two attached hydrogens (primary N) is 2. The van der Waals surface area contributed by atoms with Crippen molar-refractivity contribution in [2.24, 2.45) is 23.3 Å². The monoisotopic (exact) mass is 241 g/mol. The van der Waals surface area contributed by atoms with Crippen LogP contribution in [0.25, 0.3) is 0 Å². The summed E-state index contributed by atoms with van der Waals surface area (Å²) in [7, 11) is 0. The Hall–Kier alpha value is -1.10. The van der Waals surface area contributed by atoms with Gasteiger partial charge in [-0.1, -0.05) is 20.3 Å². The molecule has 0 heterocycles. The molecule has 0 saturated heterocycles. The van der Waals surface area contributed by atoms with E-state index in [0.29, 0.717) is 6.42 Å². The van der Waals surface area contributed by atoms with Crippen molar-refractivity contribution in [3.05, 3.63) is 0 Å². The van der Waals surface area contributed by atoms with Crippen molar-refractivity contribution in [3.8, 4) is 0 Å². The van der Waals surface area contributed by atoms with Crippen molar-refractivity contribution in [1.29, 1.82) is 0 Å². The van der Waals surface area contributed by atoms with Crippen LogP contribution in [-0.2, 0) is 9.59 Å². The van der Waals surface area contributed by atoms with Gasteiger partial charge in [-0.25, -0.2) is 0 Å². The molecule has 3 atom stereocenters. The fraction of sp³-hybridized carbons (Fsp3) is 0.833. The molecule has 0 aromatic carbocycles. The quantitative estimate of drug-likeness (QED) is 0.652. The molecule has 2 unspecified atom stereocenters. The molecule has 1 aliphatic carbocycles. The summed E-state index contributed by atoms with van der Waals surface area (Å²) in [5.41, 5.74) is 11.1. The van der Waals surface area contributed by atoms with Gasteiger partial charge in [0, 0.05) is 12.0 Å². The zero-order valence-corrected chi connectivity index (χ0v) is 10.6. The molecule has 98 valence electrons. The van der Waals surface area contributed by atoms with E-state index in [1.54, 1.807) is 0 Å². The maximum Gasteiger partial charge on any atom is 0.237 e. The lowest BCUT2D eigenvalue weighted by Crippen LogP contribution is -2.49. The zero-order valence-electron chi connectivity index (χ0n) is 10.6. The lowest BCUT2D eigenvalue weighted by molar-refractivity contribution is -0.126. The molecule has 1 fully saturated rings. The van der Waals surface area contributed by atoms with Crippen LogP contribution in [-0.4, -0.2) is 23.9 Å². The van der Waals surface area contributed by atoms with Crippen molar-refractivity contribution in [2.75, 3.05) is 0 Å². The Kier molecular flexibility index (Phi) is 4.93. The highest BCUT2D eigenvalue weighted by Gasteiger charge is 2.28. The Morgan fingerprint density at radius 2 is 1.94 bits per heavy atom. The average Bonchev–Trinajstić information content (AvgIpc) is 2.28. The van der Waals surface area contributed by atoms with E-state index in [4.69, 9.17) is 11.5 Å². The van der Waals surface area contributed by atoms with Gasteiger partial charge in [-0.15, -0.1) is 0 Å². The van der Waals surface area contributed by atoms with Gasteiger partial charge in [0.25, 0.3) is 0 Å². The Morgan fingerprint density at radius 1 is 1.29 bits per heavy atom. The normalized spacial score (nSPS) is 26.6. The van der Waals surface area contributed by atoms with Gasteiger partial charge < -0.3 is 16.8 Å². The number of carbonyl (C=O) groups is 2. The van der Waals surface area contributed by atoms with Crippen molar-refractivity contribution in [1.82, 2.24) is 5.32 Å². The van der Waals surface area contributed by atoms with E-state index in [-0.39, 0.29) is 29.7 Å². The number of hydrogen-bond donors (Lipinski definition) is 3. The molecule has 0 aromatic heterocycles. The highest BCUT2D eigenvalue weighted by Crippen LogP contribution is 2.24. The van der Waals surface area contributed by atoms with Gasteiger partial charge in [0.05, 0.1) is 6.04 Å². The lowest BCUT2D eigenvalue weighted by atomic mass is 9.85. The Balaban J connectivity index is 2.46. The maximum atomic E-state index is 11.8. The van der Waals surface area contributed by atoms with E-state index in [1.165, 1.54) is 0 Å². The largest absolute Gasteiger partial charge is 0.369 e. The van der Waals surface area contributed by atoms with Crippen LogP contribution in [0.1, 0.15) is 39.5 Å². The molecule has 0 bridgehead atoms. The van der Waals surface area contributed by atoms with E-state index >= 15 is 0 Å². The molecule has 5 nitrogen and oxygen atoms in total. The van der Waals surface area contributed by atoms with Gasteiger partial charge in [0.15, 0.2) is 0 Å². The minimum absolute atomic E-state index is 0.0403. The highest BCUT2D eigenvalue weighted by atomic mass is 16.2. The van der Waals surface area contributed by atoms with Gasteiger partial charge in [-0.3, -0.25) is 9.59 Å². The Morgan fingerprint density at radius 3 is 2.47 bits per heavy atom. The lowest BCUT2D eigenvalue weighted by Gasteiger charge is -2.29. The molecule has 17 heavy (non-hydrogen) atoms. The Bertz CT molecular complexity index is 291. The summed E-state index contributed by atoms with van der Waals surface area (Å²) in [5.74, 6) is -0.387. The minimum atomic E-state index is -0.482. The predicted octanol–water partition coefficient (Wildman–Crippen LogP) is 0.130. The number of primary amides is 1. The second kappa shape index (κ2) is 6.00. The summed E-state index contributed by atoms with van der Waals surface area (Å²) < 4.78 is 0. The molecule has 1 aliphatic rings. The standard InChI is InChI=1S/C12H23N3O2/c1-7(2)10(13)12(17)15-9-5-3-4-8(6-9)11(14)16/h7-10H,3-6,13H2,1-2H3,(H2,14,16)(H,15,17)/t8?,9?,10-/m0/s1. The minimum Gasteiger partial charge on any atom is -0.369 e. The predicted molar refractivity (Wildman–Crippen MR) is 65.9 cm³/mol. The fourth-order valence-corrected chi connectivity index (χ4v) is 2.18. The maximum absolute atomic E-state index is 11.8. The van der Waals surface area contributed by atoms with Crippen LogP contribution in [0, 0.1) is 11.8 Å². The summed E-state index contributed by atoms with van der Waals surface area (Å²) in [6.07, 6.45) is 3.31. The van der Waals surface area contributed by atoms with Crippen LogP contribution in [0.4, 0.5) is 0 Å². The van der Waals surface area contributed by atoms with Gasteiger partial charge in [-0.2, -0.15) is 0 Å². The van der Waals surface area contributed by atoms with E-state index < -0.39 is 6.04 Å². The first-order valence-corrected chi connectivity index (χ1v) is 6.27. The molecule has 0 spiro atoms. The molecular formula is C12H23N3O2. The first-order valence-electron chi connectivity index (χ1n) is 6.27.